The Labute approximate surface area is 176 Å². The van der Waals surface area contributed by atoms with Crippen molar-refractivity contribution in [1.29, 1.82) is 0 Å². The van der Waals surface area contributed by atoms with Crippen LogP contribution in [0, 0.1) is 10.1 Å². The topological polar surface area (TPSA) is 105 Å². The Morgan fingerprint density at radius 2 is 1.87 bits per heavy atom. The van der Waals surface area contributed by atoms with E-state index in [0.29, 0.717) is 10.8 Å². The summed E-state index contributed by atoms with van der Waals surface area (Å²) in [5.41, 5.74) is 2.02. The van der Waals surface area contributed by atoms with E-state index in [0.717, 1.165) is 11.3 Å². The SMILES string of the molecule is CC(=O)N(c1ccccc1)c1nc(/C=C/C(=O)NCc2ccc([N+](=O)[O-])cc2)cs1. The van der Waals surface area contributed by atoms with Gasteiger partial charge in [-0.15, -0.1) is 11.3 Å². The molecule has 9 heteroatoms. The number of non-ortho nitro benzene ring substituents is 1. The van der Waals surface area contributed by atoms with Crippen LogP contribution in [0.15, 0.2) is 66.1 Å². The Balaban J connectivity index is 1.61. The number of hydrogen-bond donors (Lipinski definition) is 1. The van der Waals surface area contributed by atoms with Crippen LogP contribution in [0.4, 0.5) is 16.5 Å². The van der Waals surface area contributed by atoms with Crippen LogP contribution in [0.1, 0.15) is 18.2 Å². The largest absolute Gasteiger partial charge is 0.348 e. The summed E-state index contributed by atoms with van der Waals surface area (Å²) in [7, 11) is 0. The number of para-hydroxylation sites is 1. The maximum absolute atomic E-state index is 12.1. The van der Waals surface area contributed by atoms with E-state index < -0.39 is 4.92 Å². The summed E-state index contributed by atoms with van der Waals surface area (Å²) >= 11 is 1.30. The van der Waals surface area contributed by atoms with E-state index in [1.54, 1.807) is 23.6 Å². The lowest BCUT2D eigenvalue weighted by atomic mass is 10.2. The zero-order valence-electron chi connectivity index (χ0n) is 16.0. The third-order valence-electron chi connectivity index (χ3n) is 4.05. The van der Waals surface area contributed by atoms with Crippen LogP contribution in [-0.2, 0) is 16.1 Å². The Morgan fingerprint density at radius 3 is 2.50 bits per heavy atom. The minimum Gasteiger partial charge on any atom is -0.348 e. The molecule has 0 unspecified atom stereocenters. The molecular weight excluding hydrogens is 404 g/mol. The first kappa shape index (κ1) is 20.9. The molecule has 30 heavy (non-hydrogen) atoms. The maximum atomic E-state index is 12.1. The van der Waals surface area contributed by atoms with Crippen LogP contribution in [0.25, 0.3) is 6.08 Å². The Hall–Kier alpha value is -3.85. The van der Waals surface area contributed by atoms with Crippen molar-refractivity contribution < 1.29 is 14.5 Å². The predicted molar refractivity (Wildman–Crippen MR) is 115 cm³/mol. The number of benzene rings is 2. The summed E-state index contributed by atoms with van der Waals surface area (Å²) in [6, 6.07) is 15.2. The molecule has 0 saturated carbocycles. The maximum Gasteiger partial charge on any atom is 0.269 e. The zero-order chi connectivity index (χ0) is 21.5. The van der Waals surface area contributed by atoms with Gasteiger partial charge >= 0.3 is 0 Å². The molecule has 1 aromatic heterocycles. The van der Waals surface area contributed by atoms with Crippen molar-refractivity contribution in [1.82, 2.24) is 10.3 Å². The minimum absolute atomic E-state index is 0.000541. The standard InChI is InChI=1S/C21H18N4O4S/c1-15(26)24(18-5-3-2-4-6-18)21-23-17(14-30-21)9-12-20(27)22-13-16-7-10-19(11-8-16)25(28)29/h2-12,14H,13H2,1H3,(H,22,27)/b12-9+. The van der Waals surface area contributed by atoms with Crippen molar-refractivity contribution in [2.75, 3.05) is 4.90 Å². The Bertz CT molecular complexity index is 1080. The van der Waals surface area contributed by atoms with Crippen molar-refractivity contribution in [2.24, 2.45) is 0 Å². The smallest absolute Gasteiger partial charge is 0.269 e. The van der Waals surface area contributed by atoms with Gasteiger partial charge in [0, 0.05) is 37.1 Å². The molecule has 3 aromatic rings. The van der Waals surface area contributed by atoms with Crippen LogP contribution in [-0.4, -0.2) is 21.7 Å². The summed E-state index contributed by atoms with van der Waals surface area (Å²) in [6.07, 6.45) is 2.92. The highest BCUT2D eigenvalue weighted by atomic mass is 32.1. The van der Waals surface area contributed by atoms with Gasteiger partial charge in [0.2, 0.25) is 11.8 Å². The number of nitrogens with one attached hydrogen (secondary N) is 1. The van der Waals surface area contributed by atoms with Crippen LogP contribution < -0.4 is 10.2 Å². The summed E-state index contributed by atoms with van der Waals surface area (Å²) < 4.78 is 0. The summed E-state index contributed by atoms with van der Waals surface area (Å²) in [5.74, 6) is -0.485. The fourth-order valence-corrected chi connectivity index (χ4v) is 3.46. The molecule has 0 bridgehead atoms. The number of nitro groups is 1. The van der Waals surface area contributed by atoms with Crippen LogP contribution in [0.3, 0.4) is 0 Å². The van der Waals surface area contributed by atoms with E-state index in [1.807, 2.05) is 30.3 Å². The molecule has 0 fully saturated rings. The monoisotopic (exact) mass is 422 g/mol. The molecule has 0 saturated heterocycles. The van der Waals surface area contributed by atoms with Crippen molar-refractivity contribution in [3.63, 3.8) is 0 Å². The highest BCUT2D eigenvalue weighted by Crippen LogP contribution is 2.29. The number of anilines is 2. The quantitative estimate of drug-likeness (QED) is 0.351. The molecule has 152 valence electrons. The number of nitro benzene ring substituents is 1. The van der Waals surface area contributed by atoms with Gasteiger partial charge in [-0.3, -0.25) is 24.6 Å². The fourth-order valence-electron chi connectivity index (χ4n) is 2.60. The molecule has 3 rings (SSSR count). The lowest BCUT2D eigenvalue weighted by Gasteiger charge is -2.17. The number of thiazole rings is 1. The van der Waals surface area contributed by atoms with Gasteiger partial charge in [-0.1, -0.05) is 30.3 Å². The second kappa shape index (κ2) is 9.57. The Kier molecular flexibility index (Phi) is 6.66. The summed E-state index contributed by atoms with van der Waals surface area (Å²) in [4.78, 5) is 40.2. The molecule has 0 radical (unpaired) electrons. The summed E-state index contributed by atoms with van der Waals surface area (Å²) in [6.45, 7) is 1.71. The second-order valence-corrected chi connectivity index (χ2v) is 7.06. The van der Waals surface area contributed by atoms with Gasteiger partial charge in [0.15, 0.2) is 5.13 Å². The zero-order valence-corrected chi connectivity index (χ0v) is 16.8. The van der Waals surface area contributed by atoms with Gasteiger partial charge in [-0.2, -0.15) is 0 Å². The first-order valence-electron chi connectivity index (χ1n) is 8.94. The van der Waals surface area contributed by atoms with E-state index in [9.17, 15) is 19.7 Å². The molecule has 0 aliphatic rings. The van der Waals surface area contributed by atoms with Gasteiger partial charge in [-0.05, 0) is 23.8 Å². The molecule has 0 spiro atoms. The number of carbonyl (C=O) groups is 2. The minimum atomic E-state index is -0.474. The molecule has 2 aromatic carbocycles. The number of aromatic nitrogens is 1. The number of rotatable bonds is 7. The highest BCUT2D eigenvalue weighted by molar-refractivity contribution is 7.14. The second-order valence-electron chi connectivity index (χ2n) is 6.22. The van der Waals surface area contributed by atoms with Gasteiger partial charge in [-0.25, -0.2) is 4.98 Å². The molecular formula is C21H18N4O4S. The van der Waals surface area contributed by atoms with Crippen LogP contribution in [0.2, 0.25) is 0 Å². The third kappa shape index (κ3) is 5.36. The van der Waals surface area contributed by atoms with E-state index in [2.05, 4.69) is 10.3 Å². The summed E-state index contributed by atoms with van der Waals surface area (Å²) in [5, 5.41) is 15.6. The van der Waals surface area contributed by atoms with E-state index in [1.165, 1.54) is 41.4 Å². The highest BCUT2D eigenvalue weighted by Gasteiger charge is 2.17. The first-order valence-corrected chi connectivity index (χ1v) is 9.82. The number of amides is 2. The normalized spacial score (nSPS) is 10.7. The van der Waals surface area contributed by atoms with E-state index in [-0.39, 0.29) is 24.0 Å². The van der Waals surface area contributed by atoms with Crippen molar-refractivity contribution in [2.45, 2.75) is 13.5 Å². The van der Waals surface area contributed by atoms with Crippen molar-refractivity contribution in [3.05, 3.63) is 87.4 Å². The molecule has 0 aliphatic heterocycles. The molecule has 1 heterocycles. The number of nitrogens with zero attached hydrogens (tertiary/aromatic N) is 3. The lowest BCUT2D eigenvalue weighted by Crippen LogP contribution is -2.22. The van der Waals surface area contributed by atoms with Gasteiger partial charge < -0.3 is 5.32 Å². The number of carbonyl (C=O) groups excluding carboxylic acids is 2. The molecule has 1 N–H and O–H groups in total. The van der Waals surface area contributed by atoms with Crippen molar-refractivity contribution in [3.8, 4) is 0 Å². The van der Waals surface area contributed by atoms with Crippen LogP contribution >= 0.6 is 11.3 Å². The third-order valence-corrected chi connectivity index (χ3v) is 4.89. The predicted octanol–water partition coefficient (Wildman–Crippen LogP) is 4.07. The van der Waals surface area contributed by atoms with Gasteiger partial charge in [0.25, 0.3) is 5.69 Å². The average molecular weight is 422 g/mol. The lowest BCUT2D eigenvalue weighted by molar-refractivity contribution is -0.384. The van der Waals surface area contributed by atoms with Crippen molar-refractivity contribution >= 4 is 45.7 Å². The van der Waals surface area contributed by atoms with Gasteiger partial charge in [0.05, 0.1) is 16.3 Å². The van der Waals surface area contributed by atoms with E-state index >= 15 is 0 Å². The fraction of sp³-hybridized carbons (Fsp3) is 0.0952. The van der Waals surface area contributed by atoms with Gasteiger partial charge in [0.1, 0.15) is 0 Å². The Morgan fingerprint density at radius 1 is 1.17 bits per heavy atom. The molecule has 8 nitrogen and oxygen atoms in total. The van der Waals surface area contributed by atoms with E-state index in [4.69, 9.17) is 0 Å². The first-order chi connectivity index (χ1) is 14.4. The number of hydrogen-bond acceptors (Lipinski definition) is 6. The molecule has 0 aliphatic carbocycles. The molecule has 0 atom stereocenters. The van der Waals surface area contributed by atoms with Crippen LogP contribution in [0.5, 0.6) is 0 Å². The molecule has 2 amide bonds. The average Bonchev–Trinajstić information content (AvgIpc) is 3.20.